The second-order valence-corrected chi connectivity index (χ2v) is 5.55. The minimum atomic E-state index is -0.132. The maximum absolute atomic E-state index is 12.4. The first kappa shape index (κ1) is 14.5. The third kappa shape index (κ3) is 2.94. The monoisotopic (exact) mass is 297 g/mol. The third-order valence-electron chi connectivity index (χ3n) is 3.89. The van der Waals surface area contributed by atoms with Gasteiger partial charge in [0, 0.05) is 24.8 Å². The van der Waals surface area contributed by atoms with Crippen molar-refractivity contribution in [2.24, 2.45) is 5.92 Å². The number of aliphatic hydroxyl groups is 1. The minimum Gasteiger partial charge on any atom is -0.396 e. The van der Waals surface area contributed by atoms with Crippen LogP contribution in [0.1, 0.15) is 22.5 Å². The first-order valence-corrected chi connectivity index (χ1v) is 7.39. The number of carbonyl (C=O) groups is 1. The summed E-state index contributed by atoms with van der Waals surface area (Å²) in [4.78, 5) is 12.4. The molecule has 1 aliphatic carbocycles. The molecule has 2 atom stereocenters. The van der Waals surface area contributed by atoms with E-state index >= 15 is 0 Å². The van der Waals surface area contributed by atoms with Gasteiger partial charge in [-0.15, -0.1) is 0 Å². The van der Waals surface area contributed by atoms with Crippen LogP contribution < -0.4 is 5.32 Å². The Morgan fingerprint density at radius 3 is 2.82 bits per heavy atom. The summed E-state index contributed by atoms with van der Waals surface area (Å²) in [6, 6.07) is 9.68. The van der Waals surface area contributed by atoms with Crippen LogP contribution >= 0.6 is 0 Å². The lowest BCUT2D eigenvalue weighted by molar-refractivity contribution is 0.0940. The Hall–Kier alpha value is -2.40. The number of aryl methyl sites for hydroxylation is 1. The fraction of sp³-hybridized carbons (Fsp3) is 0.294. The SMILES string of the molecule is Cc1nn(-c2ccccc2)cc1C(=O)N[C@@H]1C=C[C@H](CO)C1. The summed E-state index contributed by atoms with van der Waals surface area (Å²) in [5.74, 6) is 0.00589. The Labute approximate surface area is 129 Å². The van der Waals surface area contributed by atoms with Gasteiger partial charge in [-0.1, -0.05) is 30.4 Å². The number of aromatic nitrogens is 2. The van der Waals surface area contributed by atoms with E-state index in [9.17, 15) is 4.79 Å². The first-order chi connectivity index (χ1) is 10.7. The molecule has 1 aromatic carbocycles. The van der Waals surface area contributed by atoms with Gasteiger partial charge in [0.2, 0.25) is 0 Å². The number of benzene rings is 1. The molecule has 1 aromatic heterocycles. The van der Waals surface area contributed by atoms with Gasteiger partial charge >= 0.3 is 0 Å². The van der Waals surface area contributed by atoms with E-state index in [1.165, 1.54) is 0 Å². The molecule has 0 spiro atoms. The zero-order valence-electron chi connectivity index (χ0n) is 12.4. The summed E-state index contributed by atoms with van der Waals surface area (Å²) in [6.07, 6.45) is 6.39. The number of nitrogens with one attached hydrogen (secondary N) is 1. The van der Waals surface area contributed by atoms with Crippen LogP contribution in [0.25, 0.3) is 5.69 Å². The topological polar surface area (TPSA) is 67.2 Å². The van der Waals surface area contributed by atoms with E-state index in [4.69, 9.17) is 5.11 Å². The van der Waals surface area contributed by atoms with Crippen LogP contribution in [0.5, 0.6) is 0 Å². The Kier molecular flexibility index (Phi) is 4.06. The van der Waals surface area contributed by atoms with E-state index in [-0.39, 0.29) is 24.5 Å². The van der Waals surface area contributed by atoms with Gasteiger partial charge in [-0.2, -0.15) is 5.10 Å². The molecule has 3 rings (SSSR count). The molecule has 1 amide bonds. The Bertz CT molecular complexity index is 691. The highest BCUT2D eigenvalue weighted by atomic mass is 16.3. The molecule has 0 unspecified atom stereocenters. The van der Waals surface area contributed by atoms with Crippen molar-refractivity contribution < 1.29 is 9.90 Å². The molecule has 0 bridgehead atoms. The van der Waals surface area contributed by atoms with E-state index < -0.39 is 0 Å². The second kappa shape index (κ2) is 6.15. The van der Waals surface area contributed by atoms with Crippen LogP contribution in [0.2, 0.25) is 0 Å². The van der Waals surface area contributed by atoms with Crippen LogP contribution in [0.15, 0.2) is 48.7 Å². The Morgan fingerprint density at radius 1 is 1.36 bits per heavy atom. The van der Waals surface area contributed by atoms with Gasteiger partial charge in [-0.05, 0) is 25.5 Å². The Morgan fingerprint density at radius 2 is 2.14 bits per heavy atom. The van der Waals surface area contributed by atoms with Gasteiger partial charge in [0.25, 0.3) is 5.91 Å². The average Bonchev–Trinajstić information content (AvgIpc) is 3.14. The second-order valence-electron chi connectivity index (χ2n) is 5.55. The minimum absolute atomic E-state index is 0.0240. The molecular formula is C17H19N3O2. The average molecular weight is 297 g/mol. The molecular weight excluding hydrogens is 278 g/mol. The van der Waals surface area contributed by atoms with Crippen molar-refractivity contribution in [3.63, 3.8) is 0 Å². The lowest BCUT2D eigenvalue weighted by Gasteiger charge is -2.12. The molecule has 0 saturated heterocycles. The number of aliphatic hydroxyl groups excluding tert-OH is 1. The van der Waals surface area contributed by atoms with Gasteiger partial charge in [-0.3, -0.25) is 4.79 Å². The van der Waals surface area contributed by atoms with Crippen LogP contribution in [-0.4, -0.2) is 33.4 Å². The van der Waals surface area contributed by atoms with Gasteiger partial charge in [0.05, 0.1) is 16.9 Å². The molecule has 2 aromatic rings. The molecule has 114 valence electrons. The molecule has 5 heteroatoms. The number of rotatable bonds is 4. The maximum atomic E-state index is 12.4. The van der Waals surface area contributed by atoms with Crippen LogP contribution in [-0.2, 0) is 0 Å². The normalized spacial score (nSPS) is 20.3. The van der Waals surface area contributed by atoms with E-state index in [1.54, 1.807) is 10.9 Å². The molecule has 0 aliphatic heterocycles. The van der Waals surface area contributed by atoms with Crippen molar-refractivity contribution in [1.29, 1.82) is 0 Å². The van der Waals surface area contributed by atoms with Crippen LogP contribution in [0, 0.1) is 12.8 Å². The standard InChI is InChI=1S/C17H19N3O2/c1-12-16(10-20(19-12)15-5-3-2-4-6-15)17(22)18-14-8-7-13(9-14)11-21/h2-8,10,13-14,21H,9,11H2,1H3,(H,18,22)/t13-,14+/m0/s1. The smallest absolute Gasteiger partial charge is 0.255 e. The molecule has 0 fully saturated rings. The summed E-state index contributed by atoms with van der Waals surface area (Å²) in [6.45, 7) is 1.95. The quantitative estimate of drug-likeness (QED) is 0.846. The van der Waals surface area contributed by atoms with Gasteiger partial charge in [-0.25, -0.2) is 4.68 Å². The van der Waals surface area contributed by atoms with Crippen molar-refractivity contribution in [3.8, 4) is 5.69 Å². The van der Waals surface area contributed by atoms with Gasteiger partial charge in [0.1, 0.15) is 0 Å². The molecule has 0 radical (unpaired) electrons. The largest absolute Gasteiger partial charge is 0.396 e. The van der Waals surface area contributed by atoms with E-state index in [2.05, 4.69) is 10.4 Å². The Balaban J connectivity index is 1.74. The van der Waals surface area contributed by atoms with Gasteiger partial charge < -0.3 is 10.4 Å². The van der Waals surface area contributed by atoms with E-state index in [0.717, 1.165) is 12.1 Å². The number of nitrogens with zero attached hydrogens (tertiary/aromatic N) is 2. The lowest BCUT2D eigenvalue weighted by atomic mass is 10.1. The predicted octanol–water partition coefficient (Wildman–Crippen LogP) is 1.85. The summed E-state index contributed by atoms with van der Waals surface area (Å²) in [7, 11) is 0. The number of amides is 1. The zero-order chi connectivity index (χ0) is 15.5. The molecule has 1 aliphatic rings. The molecule has 22 heavy (non-hydrogen) atoms. The van der Waals surface area contributed by atoms with Crippen molar-refractivity contribution in [2.45, 2.75) is 19.4 Å². The van der Waals surface area contributed by atoms with Crippen molar-refractivity contribution >= 4 is 5.91 Å². The van der Waals surface area contributed by atoms with Crippen molar-refractivity contribution in [3.05, 3.63) is 59.9 Å². The fourth-order valence-corrected chi connectivity index (χ4v) is 2.66. The highest BCUT2D eigenvalue weighted by Gasteiger charge is 2.22. The van der Waals surface area contributed by atoms with Gasteiger partial charge in [0.15, 0.2) is 0 Å². The van der Waals surface area contributed by atoms with Crippen molar-refractivity contribution in [2.75, 3.05) is 6.61 Å². The highest BCUT2D eigenvalue weighted by Crippen LogP contribution is 2.18. The maximum Gasteiger partial charge on any atom is 0.255 e. The summed E-state index contributed by atoms with van der Waals surface area (Å²) >= 11 is 0. The number of carbonyl (C=O) groups excluding carboxylic acids is 1. The number of hydrogen-bond acceptors (Lipinski definition) is 3. The number of hydrogen-bond donors (Lipinski definition) is 2. The van der Waals surface area contributed by atoms with E-state index in [1.807, 2.05) is 49.4 Å². The van der Waals surface area contributed by atoms with E-state index in [0.29, 0.717) is 11.3 Å². The third-order valence-corrected chi connectivity index (χ3v) is 3.89. The van der Waals surface area contributed by atoms with Crippen LogP contribution in [0.3, 0.4) is 0 Å². The summed E-state index contributed by atoms with van der Waals surface area (Å²) in [5, 5.41) is 16.5. The predicted molar refractivity (Wildman–Crippen MR) is 83.9 cm³/mol. The molecule has 5 nitrogen and oxygen atoms in total. The molecule has 0 saturated carbocycles. The van der Waals surface area contributed by atoms with Crippen molar-refractivity contribution in [1.82, 2.24) is 15.1 Å². The molecule has 2 N–H and O–H groups in total. The van der Waals surface area contributed by atoms with Crippen LogP contribution in [0.4, 0.5) is 0 Å². The zero-order valence-corrected chi connectivity index (χ0v) is 12.4. The fourth-order valence-electron chi connectivity index (χ4n) is 2.66. The first-order valence-electron chi connectivity index (χ1n) is 7.39. The number of para-hydroxylation sites is 1. The summed E-state index contributed by atoms with van der Waals surface area (Å²) in [5.41, 5.74) is 2.19. The summed E-state index contributed by atoms with van der Waals surface area (Å²) < 4.78 is 1.71. The highest BCUT2D eigenvalue weighted by molar-refractivity contribution is 5.95. The lowest BCUT2D eigenvalue weighted by Crippen LogP contribution is -2.33. The molecule has 1 heterocycles.